The summed E-state index contributed by atoms with van der Waals surface area (Å²) in [6.07, 6.45) is 0. The molecule has 2 aromatic carbocycles. The molecular weight excluding hydrogens is 355 g/mol. The molecule has 0 bridgehead atoms. The minimum absolute atomic E-state index is 0.598. The molecule has 0 heterocycles. The number of rotatable bonds is 6. The van der Waals surface area contributed by atoms with Crippen molar-refractivity contribution in [3.63, 3.8) is 0 Å². The summed E-state index contributed by atoms with van der Waals surface area (Å²) in [4.78, 5) is 0. The van der Waals surface area contributed by atoms with E-state index in [0.717, 1.165) is 34.3 Å². The predicted molar refractivity (Wildman–Crippen MR) is 103 cm³/mol. The fourth-order valence-corrected chi connectivity index (χ4v) is 3.33. The second kappa shape index (κ2) is 9.26. The highest BCUT2D eigenvalue weighted by molar-refractivity contribution is 7.98. The molecule has 0 aromatic heterocycles. The van der Waals surface area contributed by atoms with Crippen molar-refractivity contribution in [2.24, 2.45) is 0 Å². The first-order valence-electron chi connectivity index (χ1n) is 6.77. The Hall–Kier alpha value is -0.940. The van der Waals surface area contributed by atoms with Crippen molar-refractivity contribution in [1.82, 2.24) is 5.32 Å². The number of hydrogen-bond donors (Lipinski definition) is 2. The molecular formula is C16H16Cl2N2S2. The van der Waals surface area contributed by atoms with Gasteiger partial charge in [0.05, 0.1) is 0 Å². The van der Waals surface area contributed by atoms with Crippen molar-refractivity contribution in [3.8, 4) is 0 Å². The van der Waals surface area contributed by atoms with Gasteiger partial charge >= 0.3 is 0 Å². The van der Waals surface area contributed by atoms with Gasteiger partial charge in [-0.3, -0.25) is 0 Å². The highest BCUT2D eigenvalue weighted by Crippen LogP contribution is 2.20. The SMILES string of the molecule is S=C(NCCSCc1ccccc1Cl)Nc1cccc(Cl)c1. The van der Waals surface area contributed by atoms with Crippen LogP contribution in [0.1, 0.15) is 5.56 Å². The highest BCUT2D eigenvalue weighted by atomic mass is 35.5. The molecule has 0 unspecified atom stereocenters. The summed E-state index contributed by atoms with van der Waals surface area (Å²) in [5, 5.41) is 8.38. The molecule has 116 valence electrons. The van der Waals surface area contributed by atoms with Crippen LogP contribution in [0, 0.1) is 0 Å². The minimum Gasteiger partial charge on any atom is -0.362 e. The van der Waals surface area contributed by atoms with Gasteiger partial charge in [0.2, 0.25) is 0 Å². The Morgan fingerprint density at radius 2 is 1.91 bits per heavy atom. The third-order valence-corrected chi connectivity index (χ3v) is 4.69. The number of halogens is 2. The second-order valence-corrected chi connectivity index (χ2v) is 6.89. The van der Waals surface area contributed by atoms with Crippen LogP contribution >= 0.6 is 47.2 Å². The average molecular weight is 371 g/mol. The van der Waals surface area contributed by atoms with E-state index in [2.05, 4.69) is 10.6 Å². The third-order valence-electron chi connectivity index (χ3n) is 2.83. The predicted octanol–water partition coefficient (Wildman–Crippen LogP) is 5.21. The van der Waals surface area contributed by atoms with Crippen LogP contribution in [0.2, 0.25) is 10.0 Å². The van der Waals surface area contributed by atoms with E-state index in [0.29, 0.717) is 10.1 Å². The molecule has 2 N–H and O–H groups in total. The number of benzene rings is 2. The largest absolute Gasteiger partial charge is 0.362 e. The van der Waals surface area contributed by atoms with Gasteiger partial charge < -0.3 is 10.6 Å². The van der Waals surface area contributed by atoms with E-state index in [1.807, 2.05) is 60.3 Å². The molecule has 6 heteroatoms. The zero-order valence-electron chi connectivity index (χ0n) is 11.8. The lowest BCUT2D eigenvalue weighted by Crippen LogP contribution is -2.30. The van der Waals surface area contributed by atoms with Crippen molar-refractivity contribution in [2.45, 2.75) is 5.75 Å². The lowest BCUT2D eigenvalue weighted by molar-refractivity contribution is 0.990. The van der Waals surface area contributed by atoms with Crippen LogP contribution in [-0.4, -0.2) is 17.4 Å². The van der Waals surface area contributed by atoms with Crippen LogP contribution in [0.4, 0.5) is 5.69 Å². The summed E-state index contributed by atoms with van der Waals surface area (Å²) >= 11 is 19.1. The molecule has 2 rings (SSSR count). The molecule has 22 heavy (non-hydrogen) atoms. The molecule has 0 saturated carbocycles. The van der Waals surface area contributed by atoms with Crippen LogP contribution < -0.4 is 10.6 Å². The molecule has 2 aromatic rings. The number of thiocarbonyl (C=S) groups is 1. The molecule has 0 fully saturated rings. The van der Waals surface area contributed by atoms with Crippen LogP contribution in [0.5, 0.6) is 0 Å². The lowest BCUT2D eigenvalue weighted by Gasteiger charge is -2.10. The Kier molecular flexibility index (Phi) is 7.33. The van der Waals surface area contributed by atoms with Crippen LogP contribution in [0.25, 0.3) is 0 Å². The second-order valence-electron chi connectivity index (χ2n) is 4.54. The molecule has 0 amide bonds. The first kappa shape index (κ1) is 17.4. The summed E-state index contributed by atoms with van der Waals surface area (Å²) in [5.41, 5.74) is 2.04. The number of nitrogens with one attached hydrogen (secondary N) is 2. The smallest absolute Gasteiger partial charge is 0.170 e. The van der Waals surface area contributed by atoms with E-state index in [9.17, 15) is 0 Å². The molecule has 0 radical (unpaired) electrons. The molecule has 2 nitrogen and oxygen atoms in total. The van der Waals surface area contributed by atoms with Gasteiger partial charge in [0, 0.05) is 33.8 Å². The Morgan fingerprint density at radius 1 is 1.09 bits per heavy atom. The van der Waals surface area contributed by atoms with Crippen molar-refractivity contribution in [3.05, 3.63) is 64.1 Å². The zero-order valence-corrected chi connectivity index (χ0v) is 15.0. The Labute approximate surface area is 150 Å². The zero-order chi connectivity index (χ0) is 15.8. The van der Waals surface area contributed by atoms with E-state index in [-0.39, 0.29) is 0 Å². The molecule has 0 atom stereocenters. The number of thioether (sulfide) groups is 1. The Morgan fingerprint density at radius 3 is 2.68 bits per heavy atom. The average Bonchev–Trinajstić information content (AvgIpc) is 2.48. The van der Waals surface area contributed by atoms with E-state index < -0.39 is 0 Å². The normalized spacial score (nSPS) is 10.3. The van der Waals surface area contributed by atoms with Gasteiger partial charge in [-0.25, -0.2) is 0 Å². The summed E-state index contributed by atoms with van der Waals surface area (Å²) in [5.74, 6) is 1.85. The summed E-state index contributed by atoms with van der Waals surface area (Å²) in [6, 6.07) is 15.4. The van der Waals surface area contributed by atoms with Gasteiger partial charge in [0.15, 0.2) is 5.11 Å². The quantitative estimate of drug-likeness (QED) is 0.538. The summed E-state index contributed by atoms with van der Waals surface area (Å²) < 4.78 is 0. The monoisotopic (exact) mass is 370 g/mol. The maximum Gasteiger partial charge on any atom is 0.170 e. The van der Waals surface area contributed by atoms with Crippen LogP contribution in [-0.2, 0) is 5.75 Å². The third kappa shape index (κ3) is 6.05. The van der Waals surface area contributed by atoms with Gasteiger partial charge in [-0.15, -0.1) is 0 Å². The van der Waals surface area contributed by atoms with Gasteiger partial charge in [-0.2, -0.15) is 11.8 Å². The van der Waals surface area contributed by atoms with E-state index in [1.54, 1.807) is 0 Å². The molecule has 0 spiro atoms. The standard InChI is InChI=1S/C16H16Cl2N2S2/c17-13-5-3-6-14(10-13)20-16(21)19-8-9-22-11-12-4-1-2-7-15(12)18/h1-7,10H,8-9,11H2,(H2,19,20,21). The maximum atomic E-state index is 6.12. The van der Waals surface area contributed by atoms with E-state index in [4.69, 9.17) is 35.4 Å². The molecule has 0 aliphatic heterocycles. The first-order chi connectivity index (χ1) is 10.6. The first-order valence-corrected chi connectivity index (χ1v) is 9.08. The van der Waals surface area contributed by atoms with Crippen LogP contribution in [0.15, 0.2) is 48.5 Å². The Bertz CT molecular complexity index is 635. The molecule has 0 aliphatic rings. The fraction of sp³-hybridized carbons (Fsp3) is 0.188. The van der Waals surface area contributed by atoms with Crippen molar-refractivity contribution in [1.29, 1.82) is 0 Å². The van der Waals surface area contributed by atoms with Crippen LogP contribution in [0.3, 0.4) is 0 Å². The molecule has 0 aliphatic carbocycles. The van der Waals surface area contributed by atoms with Crippen molar-refractivity contribution in [2.75, 3.05) is 17.6 Å². The number of hydrogen-bond acceptors (Lipinski definition) is 2. The Balaban J connectivity index is 1.64. The lowest BCUT2D eigenvalue weighted by atomic mass is 10.2. The maximum absolute atomic E-state index is 6.12. The minimum atomic E-state index is 0.598. The van der Waals surface area contributed by atoms with Gasteiger partial charge in [-0.1, -0.05) is 47.5 Å². The van der Waals surface area contributed by atoms with Gasteiger partial charge in [0.25, 0.3) is 0 Å². The van der Waals surface area contributed by atoms with Crippen molar-refractivity contribution < 1.29 is 0 Å². The van der Waals surface area contributed by atoms with Gasteiger partial charge in [-0.05, 0) is 42.0 Å². The fourth-order valence-electron chi connectivity index (χ4n) is 1.78. The highest BCUT2D eigenvalue weighted by Gasteiger charge is 2.00. The van der Waals surface area contributed by atoms with E-state index in [1.165, 1.54) is 0 Å². The summed E-state index contributed by atoms with van der Waals surface area (Å²) in [7, 11) is 0. The molecule has 0 saturated heterocycles. The summed E-state index contributed by atoms with van der Waals surface area (Å²) in [6.45, 7) is 0.793. The van der Waals surface area contributed by atoms with Gasteiger partial charge in [0.1, 0.15) is 0 Å². The number of anilines is 1. The topological polar surface area (TPSA) is 24.1 Å². The van der Waals surface area contributed by atoms with Crippen molar-refractivity contribution >= 4 is 58.0 Å². The van der Waals surface area contributed by atoms with E-state index >= 15 is 0 Å².